The summed E-state index contributed by atoms with van der Waals surface area (Å²) in [6, 6.07) is 9.52. The summed E-state index contributed by atoms with van der Waals surface area (Å²) >= 11 is 0. The van der Waals surface area contributed by atoms with Crippen LogP contribution in [0.5, 0.6) is 0 Å². The highest BCUT2D eigenvalue weighted by Gasteiger charge is 2.33. The number of rotatable bonds is 7. The molecule has 0 spiro atoms. The second-order valence-corrected chi connectivity index (χ2v) is 7.63. The van der Waals surface area contributed by atoms with Crippen LogP contribution in [0.1, 0.15) is 53.9 Å². The van der Waals surface area contributed by atoms with Gasteiger partial charge in [0.05, 0.1) is 12.2 Å². The van der Waals surface area contributed by atoms with E-state index in [0.29, 0.717) is 11.8 Å². The summed E-state index contributed by atoms with van der Waals surface area (Å²) in [5.41, 5.74) is 0.233. The van der Waals surface area contributed by atoms with Crippen molar-refractivity contribution in [3.8, 4) is 6.07 Å². The molecule has 0 aromatic heterocycles. The van der Waals surface area contributed by atoms with Gasteiger partial charge < -0.3 is 4.74 Å². The summed E-state index contributed by atoms with van der Waals surface area (Å²) < 4.78 is 60.7. The highest BCUT2D eigenvalue weighted by Crippen LogP contribution is 2.37. The molecule has 0 amide bonds. The third-order valence-corrected chi connectivity index (χ3v) is 5.71. The number of halogens is 4. The first-order valence-corrected chi connectivity index (χ1v) is 9.97. The van der Waals surface area contributed by atoms with Gasteiger partial charge in [0.1, 0.15) is 23.3 Å². The van der Waals surface area contributed by atoms with Gasteiger partial charge in [0.2, 0.25) is 0 Å². The highest BCUT2D eigenvalue weighted by molar-refractivity contribution is 5.35. The van der Waals surface area contributed by atoms with Crippen molar-refractivity contribution in [1.82, 2.24) is 0 Å². The monoisotopic (exact) mass is 417 g/mol. The second kappa shape index (κ2) is 9.44. The Balaban J connectivity index is 1.58. The molecule has 1 aliphatic carbocycles. The first kappa shape index (κ1) is 22.0. The van der Waals surface area contributed by atoms with Gasteiger partial charge in [0.15, 0.2) is 0 Å². The van der Waals surface area contributed by atoms with Crippen LogP contribution >= 0.6 is 0 Å². The lowest BCUT2D eigenvalue weighted by Crippen LogP contribution is -2.20. The summed E-state index contributed by atoms with van der Waals surface area (Å²) in [6.07, 6.45) is 2.51. The zero-order chi connectivity index (χ0) is 21.7. The van der Waals surface area contributed by atoms with Gasteiger partial charge in [0.25, 0.3) is 0 Å². The van der Waals surface area contributed by atoms with E-state index in [4.69, 9.17) is 10.00 Å². The van der Waals surface area contributed by atoms with E-state index in [1.807, 2.05) is 6.08 Å². The van der Waals surface area contributed by atoms with Gasteiger partial charge in [-0.15, -0.1) is 6.58 Å². The standard InChI is InChI=1S/C24H23F4NO/c1-2-16-3-5-18(6-4-16)19-7-9-20(10-8-19)24(27,28)30-12-11-17-13-22(25)21(15-29)23(26)14-17/h2,7-10,13-14,16,18H,1,3-6,11-12H2/t16-,18-. The molecule has 0 aliphatic heterocycles. The molecule has 1 fully saturated rings. The molecule has 6 heteroatoms. The van der Waals surface area contributed by atoms with Crippen molar-refractivity contribution in [3.05, 3.63) is 82.9 Å². The van der Waals surface area contributed by atoms with E-state index in [2.05, 4.69) is 6.58 Å². The van der Waals surface area contributed by atoms with Crippen molar-refractivity contribution < 1.29 is 22.3 Å². The molecule has 0 saturated heterocycles. The smallest absolute Gasteiger partial charge is 0.316 e. The zero-order valence-corrected chi connectivity index (χ0v) is 16.5. The van der Waals surface area contributed by atoms with E-state index in [1.165, 1.54) is 18.2 Å². The van der Waals surface area contributed by atoms with Crippen LogP contribution in [0, 0.1) is 28.9 Å². The molecule has 0 N–H and O–H groups in total. The number of nitrogens with zero attached hydrogens (tertiary/aromatic N) is 1. The normalized spacial score (nSPS) is 19.3. The van der Waals surface area contributed by atoms with Crippen molar-refractivity contribution in [2.24, 2.45) is 5.92 Å². The van der Waals surface area contributed by atoms with Crippen LogP contribution in [-0.4, -0.2) is 6.61 Å². The molecule has 0 heterocycles. The topological polar surface area (TPSA) is 33.0 Å². The van der Waals surface area contributed by atoms with Gasteiger partial charge in [-0.1, -0.05) is 30.3 Å². The lowest BCUT2D eigenvalue weighted by molar-refractivity contribution is -0.248. The number of nitriles is 1. The molecule has 2 nitrogen and oxygen atoms in total. The van der Waals surface area contributed by atoms with E-state index < -0.39 is 29.9 Å². The van der Waals surface area contributed by atoms with Gasteiger partial charge in [-0.05, 0) is 67.2 Å². The van der Waals surface area contributed by atoms with Crippen LogP contribution in [0.25, 0.3) is 0 Å². The molecule has 0 bridgehead atoms. The Hall–Kier alpha value is -2.65. The third kappa shape index (κ3) is 5.09. The van der Waals surface area contributed by atoms with Gasteiger partial charge in [-0.2, -0.15) is 14.0 Å². The van der Waals surface area contributed by atoms with Gasteiger partial charge in [-0.25, -0.2) is 8.78 Å². The Labute approximate surface area is 173 Å². The number of ether oxygens (including phenoxy) is 1. The molecule has 0 radical (unpaired) electrons. The highest BCUT2D eigenvalue weighted by atomic mass is 19.3. The minimum absolute atomic E-state index is 0.111. The predicted octanol–water partition coefficient (Wildman–Crippen LogP) is 6.60. The van der Waals surface area contributed by atoms with Crippen molar-refractivity contribution in [2.75, 3.05) is 6.61 Å². The molecular weight excluding hydrogens is 394 g/mol. The maximum Gasteiger partial charge on any atom is 0.383 e. The quantitative estimate of drug-likeness (QED) is 0.375. The molecule has 2 aromatic rings. The minimum atomic E-state index is -3.51. The van der Waals surface area contributed by atoms with Crippen LogP contribution < -0.4 is 0 Å². The molecule has 0 unspecified atom stereocenters. The molecule has 3 rings (SSSR count). The van der Waals surface area contributed by atoms with E-state index in [9.17, 15) is 17.6 Å². The maximum atomic E-state index is 14.4. The third-order valence-electron chi connectivity index (χ3n) is 5.71. The Morgan fingerprint density at radius 3 is 2.20 bits per heavy atom. The summed E-state index contributed by atoms with van der Waals surface area (Å²) in [7, 11) is 0. The van der Waals surface area contributed by atoms with Gasteiger partial charge in [-0.3, -0.25) is 0 Å². The van der Waals surface area contributed by atoms with Gasteiger partial charge >= 0.3 is 6.11 Å². The molecule has 158 valence electrons. The minimum Gasteiger partial charge on any atom is -0.316 e. The number of hydrogen-bond donors (Lipinski definition) is 0. The molecule has 2 aromatic carbocycles. The SMILES string of the molecule is C=C[C@H]1CC[C@H](c2ccc(C(F)(F)OCCc3cc(F)c(C#N)c(F)c3)cc2)CC1. The first-order valence-electron chi connectivity index (χ1n) is 9.97. The molecular formula is C24H23F4NO. The number of hydrogen-bond acceptors (Lipinski definition) is 2. The van der Waals surface area contributed by atoms with Gasteiger partial charge in [0, 0.05) is 0 Å². The fraction of sp³-hybridized carbons (Fsp3) is 0.375. The molecule has 0 atom stereocenters. The molecule has 30 heavy (non-hydrogen) atoms. The lowest BCUT2D eigenvalue weighted by Gasteiger charge is -2.27. The van der Waals surface area contributed by atoms with Crippen molar-refractivity contribution in [3.63, 3.8) is 0 Å². The fourth-order valence-corrected chi connectivity index (χ4v) is 3.89. The summed E-state index contributed by atoms with van der Waals surface area (Å²) in [6.45, 7) is 3.41. The Bertz CT molecular complexity index is 902. The predicted molar refractivity (Wildman–Crippen MR) is 106 cm³/mol. The molecule has 1 aliphatic rings. The fourth-order valence-electron chi connectivity index (χ4n) is 3.89. The summed E-state index contributed by atoms with van der Waals surface area (Å²) in [5, 5.41) is 8.67. The Morgan fingerprint density at radius 1 is 1.07 bits per heavy atom. The summed E-state index contributed by atoms with van der Waals surface area (Å²) in [5.74, 6) is -1.13. The Morgan fingerprint density at radius 2 is 1.67 bits per heavy atom. The van der Waals surface area contributed by atoms with Crippen LogP contribution in [-0.2, 0) is 17.3 Å². The first-order chi connectivity index (χ1) is 14.3. The number of alkyl halides is 2. The van der Waals surface area contributed by atoms with E-state index >= 15 is 0 Å². The van der Waals surface area contributed by atoms with Crippen LogP contribution in [0.2, 0.25) is 0 Å². The maximum absolute atomic E-state index is 14.4. The van der Waals surface area contributed by atoms with Crippen LogP contribution in [0.4, 0.5) is 17.6 Å². The zero-order valence-electron chi connectivity index (χ0n) is 16.5. The van der Waals surface area contributed by atoms with Crippen molar-refractivity contribution in [1.29, 1.82) is 5.26 Å². The average Bonchev–Trinajstić information content (AvgIpc) is 2.74. The van der Waals surface area contributed by atoms with E-state index in [1.54, 1.807) is 12.1 Å². The van der Waals surface area contributed by atoms with E-state index in [0.717, 1.165) is 43.4 Å². The number of benzene rings is 2. The van der Waals surface area contributed by atoms with Crippen LogP contribution in [0.3, 0.4) is 0 Å². The molecule has 1 saturated carbocycles. The lowest BCUT2D eigenvalue weighted by atomic mass is 9.79. The second-order valence-electron chi connectivity index (χ2n) is 7.63. The summed E-state index contributed by atoms with van der Waals surface area (Å²) in [4.78, 5) is 0. The average molecular weight is 417 g/mol. The number of allylic oxidation sites excluding steroid dienone is 1. The van der Waals surface area contributed by atoms with Crippen molar-refractivity contribution in [2.45, 2.75) is 44.1 Å². The van der Waals surface area contributed by atoms with Crippen molar-refractivity contribution >= 4 is 0 Å². The largest absolute Gasteiger partial charge is 0.383 e. The van der Waals surface area contributed by atoms with Crippen LogP contribution in [0.15, 0.2) is 49.1 Å². The van der Waals surface area contributed by atoms with E-state index in [-0.39, 0.29) is 17.5 Å². The Kier molecular flexibility index (Phi) is 6.94.